The summed E-state index contributed by atoms with van der Waals surface area (Å²) in [5.41, 5.74) is 10.8. The highest BCUT2D eigenvalue weighted by Crippen LogP contribution is 2.25. The van der Waals surface area contributed by atoms with Gasteiger partial charge in [0.1, 0.15) is 5.56 Å². The van der Waals surface area contributed by atoms with Crippen LogP contribution < -0.4 is 0 Å². The third-order valence-electron chi connectivity index (χ3n) is 6.73. The third kappa shape index (κ3) is 3.48. The van der Waals surface area contributed by atoms with Crippen LogP contribution in [0.3, 0.4) is 0 Å². The Hall–Kier alpha value is -3.47. The number of hydrogen-bond acceptors (Lipinski definition) is 3. The van der Waals surface area contributed by atoms with E-state index < -0.39 is 0 Å². The average Bonchev–Trinajstić information content (AvgIpc) is 3.21. The quantitative estimate of drug-likeness (QED) is 0.477. The zero-order chi connectivity index (χ0) is 22.4. The van der Waals surface area contributed by atoms with Gasteiger partial charge < -0.3 is 4.90 Å². The van der Waals surface area contributed by atoms with Crippen LogP contribution in [0.1, 0.15) is 55.1 Å². The van der Waals surface area contributed by atoms with Crippen LogP contribution in [0, 0.1) is 27.7 Å². The summed E-state index contributed by atoms with van der Waals surface area (Å²) in [7, 11) is 0. The lowest BCUT2D eigenvalue weighted by atomic mass is 9.97. The van der Waals surface area contributed by atoms with E-state index >= 15 is 0 Å². The summed E-state index contributed by atoms with van der Waals surface area (Å²) in [4.78, 5) is 20.2. The van der Waals surface area contributed by atoms with Gasteiger partial charge in [0.25, 0.3) is 5.91 Å². The maximum absolute atomic E-state index is 13.4. The number of benzene rings is 2. The Balaban J connectivity index is 1.49. The predicted octanol–water partition coefficient (Wildman–Crippen LogP) is 4.75. The van der Waals surface area contributed by atoms with E-state index in [4.69, 9.17) is 4.98 Å². The first kappa shape index (κ1) is 20.4. The minimum Gasteiger partial charge on any atom is -0.334 e. The van der Waals surface area contributed by atoms with Crippen molar-refractivity contribution in [3.8, 4) is 0 Å². The first-order chi connectivity index (χ1) is 15.4. The molecule has 5 rings (SSSR count). The van der Waals surface area contributed by atoms with Gasteiger partial charge in [-0.1, -0.05) is 48.0 Å². The molecule has 1 amide bonds. The molecule has 1 aliphatic rings. The van der Waals surface area contributed by atoms with E-state index in [2.05, 4.69) is 62.3 Å². The van der Waals surface area contributed by atoms with Crippen LogP contribution in [0.5, 0.6) is 0 Å². The minimum absolute atomic E-state index is 0.00285. The standard InChI is InChI=1S/C27H28N4O/c1-17-9-10-18(2)23(13-17)14-24-19(3)29-26-25(15-28-31(26)20(24)4)27(32)30-12-11-21-7-5-6-8-22(21)16-30/h5-10,13,15H,11-12,14,16H2,1-4H3. The van der Waals surface area contributed by atoms with Gasteiger partial charge in [0.05, 0.1) is 6.20 Å². The number of aromatic nitrogens is 3. The van der Waals surface area contributed by atoms with Crippen LogP contribution in [0.4, 0.5) is 0 Å². The summed E-state index contributed by atoms with van der Waals surface area (Å²) in [6.07, 6.45) is 3.37. The lowest BCUT2D eigenvalue weighted by molar-refractivity contribution is 0.0736. The van der Waals surface area contributed by atoms with Crippen molar-refractivity contribution in [2.75, 3.05) is 6.54 Å². The SMILES string of the molecule is Cc1ccc(C)c(Cc2c(C)nc3c(C(=O)N4CCc5ccccc5C4)cnn3c2C)c1. The van der Waals surface area contributed by atoms with Gasteiger partial charge in [0.2, 0.25) is 0 Å². The van der Waals surface area contributed by atoms with E-state index in [-0.39, 0.29) is 5.91 Å². The number of hydrogen-bond donors (Lipinski definition) is 0. The van der Waals surface area contributed by atoms with Gasteiger partial charge in [0, 0.05) is 30.9 Å². The van der Waals surface area contributed by atoms with Crippen LogP contribution in [0.2, 0.25) is 0 Å². The van der Waals surface area contributed by atoms with Gasteiger partial charge in [-0.15, -0.1) is 0 Å². The lowest BCUT2D eigenvalue weighted by Gasteiger charge is -2.28. The largest absolute Gasteiger partial charge is 0.334 e. The van der Waals surface area contributed by atoms with Gasteiger partial charge in [-0.25, -0.2) is 9.50 Å². The fourth-order valence-corrected chi connectivity index (χ4v) is 4.74. The summed E-state index contributed by atoms with van der Waals surface area (Å²) >= 11 is 0. The summed E-state index contributed by atoms with van der Waals surface area (Å²) in [6, 6.07) is 14.9. The van der Waals surface area contributed by atoms with E-state index in [9.17, 15) is 4.79 Å². The highest BCUT2D eigenvalue weighted by molar-refractivity contribution is 5.99. The molecule has 0 saturated carbocycles. The maximum atomic E-state index is 13.4. The van der Waals surface area contributed by atoms with Crippen molar-refractivity contribution in [2.45, 2.75) is 47.1 Å². The van der Waals surface area contributed by atoms with Gasteiger partial charge in [0.15, 0.2) is 5.65 Å². The molecule has 0 bridgehead atoms. The second-order valence-corrected chi connectivity index (χ2v) is 8.91. The van der Waals surface area contributed by atoms with E-state index in [0.717, 1.165) is 30.8 Å². The summed E-state index contributed by atoms with van der Waals surface area (Å²) in [5, 5.41) is 4.57. The molecule has 4 aromatic rings. The lowest BCUT2D eigenvalue weighted by Crippen LogP contribution is -2.36. The first-order valence-electron chi connectivity index (χ1n) is 11.2. The van der Waals surface area contributed by atoms with Gasteiger partial charge in [-0.05, 0) is 61.9 Å². The zero-order valence-electron chi connectivity index (χ0n) is 19.1. The van der Waals surface area contributed by atoms with Gasteiger partial charge in [-0.3, -0.25) is 4.79 Å². The Morgan fingerprint density at radius 2 is 1.81 bits per heavy atom. The Labute approximate surface area is 188 Å². The van der Waals surface area contributed by atoms with Crippen LogP contribution in [-0.2, 0) is 19.4 Å². The molecule has 0 atom stereocenters. The Kier molecular flexibility index (Phi) is 5.04. The molecule has 0 radical (unpaired) electrons. The fraction of sp³-hybridized carbons (Fsp3) is 0.296. The fourth-order valence-electron chi connectivity index (χ4n) is 4.74. The van der Waals surface area contributed by atoms with Crippen molar-refractivity contribution < 1.29 is 4.79 Å². The van der Waals surface area contributed by atoms with Crippen LogP contribution in [0.15, 0.2) is 48.7 Å². The Morgan fingerprint density at radius 3 is 2.62 bits per heavy atom. The van der Waals surface area contributed by atoms with Crippen molar-refractivity contribution in [1.82, 2.24) is 19.5 Å². The van der Waals surface area contributed by atoms with E-state index in [0.29, 0.717) is 17.8 Å². The second-order valence-electron chi connectivity index (χ2n) is 8.91. The highest BCUT2D eigenvalue weighted by Gasteiger charge is 2.25. The van der Waals surface area contributed by atoms with Crippen molar-refractivity contribution in [1.29, 1.82) is 0 Å². The van der Waals surface area contributed by atoms with Crippen molar-refractivity contribution in [3.05, 3.63) is 99.0 Å². The molecule has 0 aliphatic carbocycles. The number of aryl methyl sites for hydroxylation is 4. The van der Waals surface area contributed by atoms with Crippen LogP contribution in [-0.4, -0.2) is 31.9 Å². The van der Waals surface area contributed by atoms with Gasteiger partial charge in [-0.2, -0.15) is 5.10 Å². The minimum atomic E-state index is 0.00285. The topological polar surface area (TPSA) is 50.5 Å². The summed E-state index contributed by atoms with van der Waals surface area (Å²) in [5.74, 6) is 0.00285. The van der Waals surface area contributed by atoms with E-state index in [1.54, 1.807) is 6.20 Å². The summed E-state index contributed by atoms with van der Waals surface area (Å²) in [6.45, 7) is 9.72. The van der Waals surface area contributed by atoms with Gasteiger partial charge >= 0.3 is 0 Å². The molecule has 0 unspecified atom stereocenters. The number of carbonyl (C=O) groups is 1. The summed E-state index contributed by atoms with van der Waals surface area (Å²) < 4.78 is 1.83. The van der Waals surface area contributed by atoms with Crippen molar-refractivity contribution in [2.24, 2.45) is 0 Å². The molecule has 3 heterocycles. The second kappa shape index (κ2) is 7.90. The molecule has 32 heavy (non-hydrogen) atoms. The molecular weight excluding hydrogens is 396 g/mol. The average molecular weight is 425 g/mol. The maximum Gasteiger partial charge on any atom is 0.259 e. The zero-order valence-corrected chi connectivity index (χ0v) is 19.1. The number of rotatable bonds is 3. The molecule has 5 heteroatoms. The predicted molar refractivity (Wildman–Crippen MR) is 126 cm³/mol. The molecule has 2 aromatic heterocycles. The molecule has 0 spiro atoms. The smallest absolute Gasteiger partial charge is 0.259 e. The molecule has 0 saturated heterocycles. The number of carbonyl (C=O) groups excluding carboxylic acids is 1. The number of amides is 1. The molecular formula is C27H28N4O. The monoisotopic (exact) mass is 424 g/mol. The van der Waals surface area contributed by atoms with Crippen molar-refractivity contribution >= 4 is 11.6 Å². The Morgan fingerprint density at radius 1 is 1.03 bits per heavy atom. The highest BCUT2D eigenvalue weighted by atomic mass is 16.2. The van der Waals surface area contributed by atoms with E-state index in [1.165, 1.54) is 33.4 Å². The molecule has 2 aromatic carbocycles. The molecule has 0 fully saturated rings. The Bertz CT molecular complexity index is 1350. The molecule has 162 valence electrons. The third-order valence-corrected chi connectivity index (χ3v) is 6.73. The molecule has 5 nitrogen and oxygen atoms in total. The normalized spacial score (nSPS) is 13.4. The molecule has 0 N–H and O–H groups in total. The van der Waals surface area contributed by atoms with Crippen LogP contribution >= 0.6 is 0 Å². The van der Waals surface area contributed by atoms with Crippen molar-refractivity contribution in [3.63, 3.8) is 0 Å². The number of fused-ring (bicyclic) bond motifs is 2. The number of nitrogens with zero attached hydrogens (tertiary/aromatic N) is 4. The molecule has 1 aliphatic heterocycles. The first-order valence-corrected chi connectivity index (χ1v) is 11.2. The van der Waals surface area contributed by atoms with Crippen LogP contribution in [0.25, 0.3) is 5.65 Å². The van der Waals surface area contributed by atoms with E-state index in [1.807, 2.05) is 22.4 Å².